The van der Waals surface area contributed by atoms with E-state index < -0.39 is 43.5 Å². The summed E-state index contributed by atoms with van der Waals surface area (Å²) in [7, 11) is -4.35. The lowest BCUT2D eigenvalue weighted by molar-refractivity contribution is -0.122. The summed E-state index contributed by atoms with van der Waals surface area (Å²) < 4.78 is 47.5. The van der Waals surface area contributed by atoms with E-state index in [2.05, 4.69) is 15.5 Å². The summed E-state index contributed by atoms with van der Waals surface area (Å²) in [6, 6.07) is 8.57. The van der Waals surface area contributed by atoms with Gasteiger partial charge in [0, 0.05) is 16.9 Å². The van der Waals surface area contributed by atoms with Crippen LogP contribution in [0.25, 0.3) is 11.5 Å². The Hall–Kier alpha value is -3.57. The molecule has 37 heavy (non-hydrogen) atoms. The van der Waals surface area contributed by atoms with Crippen LogP contribution in [-0.4, -0.2) is 30.4 Å². The molecule has 2 aromatic carbocycles. The van der Waals surface area contributed by atoms with Gasteiger partial charge in [0.05, 0.1) is 28.1 Å². The third-order valence-electron chi connectivity index (χ3n) is 5.54. The molecule has 1 N–H and O–H groups in total. The molecule has 0 saturated carbocycles. The normalized spacial score (nSPS) is 15.1. The summed E-state index contributed by atoms with van der Waals surface area (Å²) >= 11 is 5.98. The van der Waals surface area contributed by atoms with Crippen molar-refractivity contribution in [1.82, 2.24) is 15.5 Å². The monoisotopic (exact) mass is 546 g/mol. The number of halogens is 2. The Balaban J connectivity index is 1.92. The van der Waals surface area contributed by atoms with Crippen LogP contribution in [0.2, 0.25) is 5.02 Å². The van der Waals surface area contributed by atoms with Gasteiger partial charge in [0.1, 0.15) is 11.5 Å². The molecule has 0 aliphatic carbocycles. The first-order valence-corrected chi connectivity index (χ1v) is 13.2. The third kappa shape index (κ3) is 5.42. The second-order valence-electron chi connectivity index (χ2n) is 9.46. The average Bonchev–Trinajstić information content (AvgIpc) is 3.31. The molecule has 0 saturated heterocycles. The number of fused-ring (bicyclic) bond motifs is 1. The van der Waals surface area contributed by atoms with Gasteiger partial charge >= 0.3 is 0 Å². The Kier molecular flexibility index (Phi) is 6.95. The maximum atomic E-state index is 15.3. The van der Waals surface area contributed by atoms with Gasteiger partial charge < -0.3 is 14.6 Å². The molecule has 0 spiro atoms. The van der Waals surface area contributed by atoms with E-state index in [1.165, 1.54) is 6.07 Å². The number of hydrogen-bond acceptors (Lipinski definition) is 7. The number of carbonyl (C=O) groups is 2. The maximum absolute atomic E-state index is 15.3. The largest absolute Gasteiger partial charge is 0.420 e. The van der Waals surface area contributed by atoms with E-state index >= 15 is 4.39 Å². The standard InChI is InChI=1S/C25H24ClFN4O5S/c1-5-21(32)28-18-13-37(34,35)20-11-17(27)16(22-29-30-24(36-22)25(2,3)4)10-19(20)31(23(18)33)12-14-6-8-15(26)9-7-14/h6-11,13H,5,12H2,1-4H3,(H,28,32). The molecule has 1 aliphatic heterocycles. The molecule has 0 radical (unpaired) electrons. The summed E-state index contributed by atoms with van der Waals surface area (Å²) in [5.74, 6) is -2.19. The van der Waals surface area contributed by atoms with Crippen LogP contribution in [0.5, 0.6) is 0 Å². The fourth-order valence-corrected chi connectivity index (χ4v) is 5.01. The van der Waals surface area contributed by atoms with Crippen molar-refractivity contribution in [3.8, 4) is 11.5 Å². The third-order valence-corrected chi connectivity index (χ3v) is 7.28. The summed E-state index contributed by atoms with van der Waals surface area (Å²) in [6.07, 6.45) is 0.0147. The zero-order chi connectivity index (χ0) is 27.1. The predicted octanol–water partition coefficient (Wildman–Crippen LogP) is 4.51. The van der Waals surface area contributed by atoms with Gasteiger partial charge in [-0.1, -0.05) is 51.4 Å². The highest BCUT2D eigenvalue weighted by molar-refractivity contribution is 7.94. The Labute approximate surface area is 218 Å². The minimum absolute atomic E-state index is 0.0147. The van der Waals surface area contributed by atoms with Gasteiger partial charge in [-0.2, -0.15) is 0 Å². The molecular weight excluding hydrogens is 523 g/mol. The lowest BCUT2D eigenvalue weighted by Gasteiger charge is -2.24. The van der Waals surface area contributed by atoms with Gasteiger partial charge in [-0.05, 0) is 29.8 Å². The first-order valence-electron chi connectivity index (χ1n) is 11.3. The fourth-order valence-electron chi connectivity index (χ4n) is 3.56. The van der Waals surface area contributed by atoms with Gasteiger partial charge in [-0.15, -0.1) is 10.2 Å². The van der Waals surface area contributed by atoms with Gasteiger partial charge in [0.25, 0.3) is 11.8 Å². The van der Waals surface area contributed by atoms with E-state index in [0.29, 0.717) is 16.0 Å². The minimum Gasteiger partial charge on any atom is -0.420 e. The van der Waals surface area contributed by atoms with Crippen molar-refractivity contribution >= 4 is 38.9 Å². The van der Waals surface area contributed by atoms with Crippen molar-refractivity contribution in [2.45, 2.75) is 51.0 Å². The van der Waals surface area contributed by atoms with E-state index in [0.717, 1.165) is 11.0 Å². The van der Waals surface area contributed by atoms with Crippen LogP contribution in [0.3, 0.4) is 0 Å². The van der Waals surface area contributed by atoms with E-state index in [-0.39, 0.29) is 36.0 Å². The Morgan fingerprint density at radius 2 is 1.84 bits per heavy atom. The van der Waals surface area contributed by atoms with Crippen molar-refractivity contribution in [3.05, 3.63) is 69.8 Å². The van der Waals surface area contributed by atoms with E-state index in [1.807, 2.05) is 20.8 Å². The molecular formula is C25H24ClFN4O5S. The van der Waals surface area contributed by atoms with Gasteiger partial charge in [-0.25, -0.2) is 12.8 Å². The number of rotatable bonds is 5. The smallest absolute Gasteiger partial charge is 0.275 e. The lowest BCUT2D eigenvalue weighted by Crippen LogP contribution is -2.37. The van der Waals surface area contributed by atoms with Gasteiger partial charge in [0.15, 0.2) is 0 Å². The molecule has 0 fully saturated rings. The van der Waals surface area contributed by atoms with Crippen molar-refractivity contribution in [2.75, 3.05) is 4.90 Å². The van der Waals surface area contributed by atoms with Crippen LogP contribution >= 0.6 is 11.6 Å². The SMILES string of the molecule is CCC(=O)NC1=CS(=O)(=O)c2cc(F)c(-c3nnc(C(C)(C)C)o3)cc2N(Cc2ccc(Cl)cc2)C1=O. The van der Waals surface area contributed by atoms with E-state index in [9.17, 15) is 18.0 Å². The highest BCUT2D eigenvalue weighted by Gasteiger charge is 2.35. The molecule has 0 bridgehead atoms. The number of benzene rings is 2. The molecule has 194 valence electrons. The molecule has 4 rings (SSSR count). The first-order chi connectivity index (χ1) is 17.3. The number of anilines is 1. The van der Waals surface area contributed by atoms with Crippen molar-refractivity contribution in [3.63, 3.8) is 0 Å². The topological polar surface area (TPSA) is 122 Å². The predicted molar refractivity (Wildman–Crippen MR) is 135 cm³/mol. The lowest BCUT2D eigenvalue weighted by atomic mass is 9.97. The molecule has 3 aromatic rings. The number of hydrogen-bond donors (Lipinski definition) is 1. The Morgan fingerprint density at radius 3 is 2.43 bits per heavy atom. The fraction of sp³-hybridized carbons (Fsp3) is 0.280. The summed E-state index contributed by atoms with van der Waals surface area (Å²) in [5, 5.41) is 11.4. The molecule has 9 nitrogen and oxygen atoms in total. The van der Waals surface area contributed by atoms with Crippen molar-refractivity contribution in [1.29, 1.82) is 0 Å². The number of nitrogens with one attached hydrogen (secondary N) is 1. The highest BCUT2D eigenvalue weighted by atomic mass is 35.5. The van der Waals surface area contributed by atoms with Gasteiger partial charge in [-0.3, -0.25) is 9.59 Å². The molecule has 2 amide bonds. The molecule has 0 atom stereocenters. The summed E-state index contributed by atoms with van der Waals surface area (Å²) in [5.41, 5.74) is -0.630. The van der Waals surface area contributed by atoms with Gasteiger partial charge in [0.2, 0.25) is 21.6 Å². The van der Waals surface area contributed by atoms with Crippen molar-refractivity contribution < 1.29 is 26.8 Å². The van der Waals surface area contributed by atoms with E-state index in [4.69, 9.17) is 16.0 Å². The molecule has 12 heteroatoms. The zero-order valence-corrected chi connectivity index (χ0v) is 22.1. The van der Waals surface area contributed by atoms with Crippen LogP contribution in [-0.2, 0) is 31.4 Å². The minimum atomic E-state index is -4.35. The number of amides is 2. The van der Waals surface area contributed by atoms with Crippen LogP contribution in [0, 0.1) is 5.82 Å². The second-order valence-corrected chi connectivity index (χ2v) is 11.7. The molecule has 0 unspecified atom stereocenters. The number of carbonyl (C=O) groups excluding carboxylic acids is 2. The van der Waals surface area contributed by atoms with Crippen LogP contribution in [0.1, 0.15) is 45.6 Å². The van der Waals surface area contributed by atoms with E-state index in [1.54, 1.807) is 31.2 Å². The molecule has 1 aromatic heterocycles. The molecule has 2 heterocycles. The van der Waals surface area contributed by atoms with Crippen LogP contribution in [0.15, 0.2) is 56.8 Å². The zero-order valence-electron chi connectivity index (χ0n) is 20.5. The number of aromatic nitrogens is 2. The van der Waals surface area contributed by atoms with Crippen LogP contribution in [0.4, 0.5) is 10.1 Å². The summed E-state index contributed by atoms with van der Waals surface area (Å²) in [4.78, 5) is 26.4. The summed E-state index contributed by atoms with van der Waals surface area (Å²) in [6.45, 7) is 6.99. The second kappa shape index (κ2) is 9.71. The Morgan fingerprint density at radius 1 is 1.16 bits per heavy atom. The number of nitrogens with zero attached hydrogens (tertiary/aromatic N) is 3. The molecule has 1 aliphatic rings. The van der Waals surface area contributed by atoms with Crippen molar-refractivity contribution in [2.24, 2.45) is 0 Å². The quantitative estimate of drug-likeness (QED) is 0.499. The average molecular weight is 547 g/mol. The number of sulfone groups is 1. The first kappa shape index (κ1) is 26.5. The Bertz CT molecular complexity index is 1530. The highest BCUT2D eigenvalue weighted by Crippen LogP contribution is 2.38. The maximum Gasteiger partial charge on any atom is 0.275 e. The van der Waals surface area contributed by atoms with Crippen LogP contribution < -0.4 is 10.2 Å².